The van der Waals surface area contributed by atoms with Gasteiger partial charge in [0.15, 0.2) is 5.78 Å². The largest absolute Gasteiger partial charge is 0.497 e. The molecule has 0 radical (unpaired) electrons. The molecule has 0 saturated carbocycles. The first-order valence-electron chi connectivity index (χ1n) is 7.49. The van der Waals surface area contributed by atoms with Crippen LogP contribution in [0.25, 0.3) is 0 Å². The Kier molecular flexibility index (Phi) is 5.93. The first-order chi connectivity index (χ1) is 11.0. The second kappa shape index (κ2) is 7.92. The van der Waals surface area contributed by atoms with Crippen molar-refractivity contribution in [2.24, 2.45) is 0 Å². The number of benzene rings is 1. The van der Waals surface area contributed by atoms with Crippen LogP contribution in [0.3, 0.4) is 0 Å². The van der Waals surface area contributed by atoms with Gasteiger partial charge in [0.25, 0.3) is 0 Å². The normalized spacial score (nSPS) is 10.4. The van der Waals surface area contributed by atoms with Crippen molar-refractivity contribution in [3.8, 4) is 5.75 Å². The Morgan fingerprint density at radius 3 is 2.61 bits per heavy atom. The van der Waals surface area contributed by atoms with Gasteiger partial charge in [-0.15, -0.1) is 11.3 Å². The number of hydrogen-bond donors (Lipinski definition) is 1. The van der Waals surface area contributed by atoms with E-state index in [-0.39, 0.29) is 24.5 Å². The van der Waals surface area contributed by atoms with Gasteiger partial charge in [-0.25, -0.2) is 0 Å². The maximum atomic E-state index is 12.2. The minimum Gasteiger partial charge on any atom is -0.497 e. The SMILES string of the molecule is COc1cccc(CNC(=O)CCC(=O)c2cc(C)sc2C)c1. The topological polar surface area (TPSA) is 55.4 Å². The Morgan fingerprint density at radius 2 is 1.96 bits per heavy atom. The molecular weight excluding hydrogens is 310 g/mol. The van der Waals surface area contributed by atoms with Crippen LogP contribution in [0, 0.1) is 13.8 Å². The summed E-state index contributed by atoms with van der Waals surface area (Å²) in [5, 5.41) is 2.83. The molecule has 1 heterocycles. The molecule has 1 amide bonds. The first kappa shape index (κ1) is 17.2. The maximum Gasteiger partial charge on any atom is 0.220 e. The fourth-order valence-electron chi connectivity index (χ4n) is 2.34. The monoisotopic (exact) mass is 331 g/mol. The van der Waals surface area contributed by atoms with E-state index in [1.54, 1.807) is 18.4 Å². The molecule has 0 aliphatic carbocycles. The van der Waals surface area contributed by atoms with E-state index in [1.165, 1.54) is 0 Å². The second-order valence-electron chi connectivity index (χ2n) is 5.38. The molecule has 2 aromatic rings. The predicted octanol–water partition coefficient (Wildman–Crippen LogP) is 3.65. The predicted molar refractivity (Wildman–Crippen MR) is 92.2 cm³/mol. The Labute approximate surface area is 140 Å². The number of thiophene rings is 1. The summed E-state index contributed by atoms with van der Waals surface area (Å²) in [4.78, 5) is 26.2. The summed E-state index contributed by atoms with van der Waals surface area (Å²) in [5.74, 6) is 0.671. The summed E-state index contributed by atoms with van der Waals surface area (Å²) in [7, 11) is 1.61. The zero-order valence-corrected chi connectivity index (χ0v) is 14.5. The number of carbonyl (C=O) groups is 2. The molecule has 1 N–H and O–H groups in total. The molecular formula is C18H21NO3S. The van der Waals surface area contributed by atoms with Gasteiger partial charge in [0, 0.05) is 34.7 Å². The van der Waals surface area contributed by atoms with Crippen molar-refractivity contribution >= 4 is 23.0 Å². The van der Waals surface area contributed by atoms with Crippen molar-refractivity contribution in [3.63, 3.8) is 0 Å². The van der Waals surface area contributed by atoms with E-state index in [4.69, 9.17) is 4.74 Å². The van der Waals surface area contributed by atoms with E-state index in [0.717, 1.165) is 26.6 Å². The molecule has 0 bridgehead atoms. The fourth-order valence-corrected chi connectivity index (χ4v) is 3.28. The van der Waals surface area contributed by atoms with Gasteiger partial charge < -0.3 is 10.1 Å². The molecule has 0 aliphatic heterocycles. The highest BCUT2D eigenvalue weighted by Crippen LogP contribution is 2.22. The van der Waals surface area contributed by atoms with Crippen LogP contribution in [0.4, 0.5) is 0 Å². The summed E-state index contributed by atoms with van der Waals surface area (Å²) >= 11 is 1.61. The number of amides is 1. The van der Waals surface area contributed by atoms with Gasteiger partial charge in [0.05, 0.1) is 7.11 Å². The molecule has 0 unspecified atom stereocenters. The average Bonchev–Trinajstić information content (AvgIpc) is 2.89. The molecule has 0 spiro atoms. The van der Waals surface area contributed by atoms with Crippen LogP contribution in [0.2, 0.25) is 0 Å². The van der Waals surface area contributed by atoms with E-state index in [2.05, 4.69) is 5.32 Å². The summed E-state index contributed by atoms with van der Waals surface area (Å²) in [5.41, 5.74) is 1.71. The quantitative estimate of drug-likeness (QED) is 0.788. The van der Waals surface area contributed by atoms with Crippen molar-refractivity contribution in [1.82, 2.24) is 5.32 Å². The van der Waals surface area contributed by atoms with Crippen LogP contribution in [0.5, 0.6) is 5.75 Å². The van der Waals surface area contributed by atoms with Crippen molar-refractivity contribution in [3.05, 3.63) is 51.2 Å². The summed E-state index contributed by atoms with van der Waals surface area (Å²) in [6, 6.07) is 9.44. The Bertz CT molecular complexity index is 706. The molecule has 122 valence electrons. The van der Waals surface area contributed by atoms with E-state index in [1.807, 2.05) is 44.2 Å². The number of aryl methyl sites for hydroxylation is 2. The van der Waals surface area contributed by atoms with Crippen molar-refractivity contribution in [2.45, 2.75) is 33.2 Å². The van der Waals surface area contributed by atoms with E-state index >= 15 is 0 Å². The Morgan fingerprint density at radius 1 is 1.17 bits per heavy atom. The van der Waals surface area contributed by atoms with Crippen molar-refractivity contribution < 1.29 is 14.3 Å². The molecule has 5 heteroatoms. The number of methoxy groups -OCH3 is 1. The van der Waals surface area contributed by atoms with Crippen LogP contribution < -0.4 is 10.1 Å². The van der Waals surface area contributed by atoms with Gasteiger partial charge in [-0.3, -0.25) is 9.59 Å². The van der Waals surface area contributed by atoms with E-state index < -0.39 is 0 Å². The number of ether oxygens (including phenoxy) is 1. The van der Waals surface area contributed by atoms with Gasteiger partial charge in [0.1, 0.15) is 5.75 Å². The van der Waals surface area contributed by atoms with Crippen LogP contribution in [0.1, 0.15) is 38.5 Å². The van der Waals surface area contributed by atoms with Crippen LogP contribution >= 0.6 is 11.3 Å². The highest BCUT2D eigenvalue weighted by molar-refractivity contribution is 7.12. The van der Waals surface area contributed by atoms with Crippen LogP contribution in [-0.4, -0.2) is 18.8 Å². The molecule has 0 atom stereocenters. The van der Waals surface area contributed by atoms with E-state index in [0.29, 0.717) is 6.54 Å². The van der Waals surface area contributed by atoms with Crippen molar-refractivity contribution in [2.75, 3.05) is 7.11 Å². The third-order valence-electron chi connectivity index (χ3n) is 3.54. The zero-order valence-electron chi connectivity index (χ0n) is 13.6. The Balaban J connectivity index is 1.81. The molecule has 0 saturated heterocycles. The van der Waals surface area contributed by atoms with Gasteiger partial charge in [-0.05, 0) is 37.6 Å². The maximum absolute atomic E-state index is 12.2. The summed E-state index contributed by atoms with van der Waals surface area (Å²) < 4.78 is 5.15. The van der Waals surface area contributed by atoms with Crippen LogP contribution in [0.15, 0.2) is 30.3 Å². The number of ketones is 1. The van der Waals surface area contributed by atoms with E-state index in [9.17, 15) is 9.59 Å². The van der Waals surface area contributed by atoms with Crippen molar-refractivity contribution in [1.29, 1.82) is 0 Å². The third kappa shape index (κ3) is 4.93. The molecule has 1 aromatic heterocycles. The van der Waals surface area contributed by atoms with Gasteiger partial charge in [-0.1, -0.05) is 12.1 Å². The Hall–Kier alpha value is -2.14. The average molecular weight is 331 g/mol. The zero-order chi connectivity index (χ0) is 16.8. The molecule has 1 aromatic carbocycles. The second-order valence-corrected chi connectivity index (χ2v) is 6.84. The molecule has 2 rings (SSSR count). The fraction of sp³-hybridized carbons (Fsp3) is 0.333. The number of carbonyl (C=O) groups excluding carboxylic acids is 2. The summed E-state index contributed by atoms with van der Waals surface area (Å²) in [6.45, 7) is 4.35. The minimum absolute atomic E-state index is 0.0309. The number of rotatable bonds is 7. The van der Waals surface area contributed by atoms with Gasteiger partial charge in [0.2, 0.25) is 5.91 Å². The minimum atomic E-state index is -0.120. The van der Waals surface area contributed by atoms with Gasteiger partial charge in [-0.2, -0.15) is 0 Å². The number of nitrogens with one attached hydrogen (secondary N) is 1. The third-order valence-corrected chi connectivity index (χ3v) is 4.51. The van der Waals surface area contributed by atoms with Gasteiger partial charge >= 0.3 is 0 Å². The van der Waals surface area contributed by atoms with Crippen LogP contribution in [-0.2, 0) is 11.3 Å². The first-order valence-corrected chi connectivity index (χ1v) is 8.31. The standard InChI is InChI=1S/C18H21NO3S/c1-12-9-16(13(2)23-12)17(20)7-8-18(21)19-11-14-5-4-6-15(10-14)22-3/h4-6,9-10H,7-8,11H2,1-3H3,(H,19,21). The lowest BCUT2D eigenvalue weighted by Gasteiger charge is -2.07. The molecule has 23 heavy (non-hydrogen) atoms. The molecule has 4 nitrogen and oxygen atoms in total. The number of Topliss-reactive ketones (excluding diaryl/α,β-unsaturated/α-hetero) is 1. The highest BCUT2D eigenvalue weighted by atomic mass is 32.1. The molecule has 0 aliphatic rings. The summed E-state index contributed by atoms with van der Waals surface area (Å²) in [6.07, 6.45) is 0.443. The molecule has 0 fully saturated rings. The number of hydrogen-bond acceptors (Lipinski definition) is 4. The lowest BCUT2D eigenvalue weighted by molar-refractivity contribution is -0.121. The lowest BCUT2D eigenvalue weighted by atomic mass is 10.1. The lowest BCUT2D eigenvalue weighted by Crippen LogP contribution is -2.23. The smallest absolute Gasteiger partial charge is 0.220 e. The highest BCUT2D eigenvalue weighted by Gasteiger charge is 2.13.